The minimum atomic E-state index is -4.56. The van der Waals surface area contributed by atoms with Crippen molar-refractivity contribution in [2.45, 2.75) is 19.6 Å². The number of nitrogens with zero attached hydrogens (tertiary/aromatic N) is 2. The molecular formula is C13H11ClF3N3O. The van der Waals surface area contributed by atoms with Crippen LogP contribution < -0.4 is 5.32 Å². The molecule has 2 aromatic rings. The predicted molar refractivity (Wildman–Crippen MR) is 72.3 cm³/mol. The van der Waals surface area contributed by atoms with Gasteiger partial charge in [0.2, 0.25) is 0 Å². The van der Waals surface area contributed by atoms with E-state index < -0.39 is 17.6 Å². The number of para-hydroxylation sites is 1. The van der Waals surface area contributed by atoms with Crippen molar-refractivity contribution in [3.63, 3.8) is 0 Å². The van der Waals surface area contributed by atoms with E-state index in [2.05, 4.69) is 10.4 Å². The van der Waals surface area contributed by atoms with Crippen molar-refractivity contribution in [2.75, 3.05) is 5.32 Å². The second kappa shape index (κ2) is 5.77. The maximum atomic E-state index is 12.8. The number of nitrogens with one attached hydrogen (secondary N) is 1. The first-order valence-electron chi connectivity index (χ1n) is 6.03. The van der Waals surface area contributed by atoms with Crippen molar-refractivity contribution in [1.82, 2.24) is 9.78 Å². The number of benzene rings is 1. The van der Waals surface area contributed by atoms with Gasteiger partial charge in [-0.05, 0) is 19.1 Å². The van der Waals surface area contributed by atoms with Crippen LogP contribution in [-0.2, 0) is 12.7 Å². The molecule has 112 valence electrons. The largest absolute Gasteiger partial charge is 0.418 e. The van der Waals surface area contributed by atoms with Crippen LogP contribution in [0.1, 0.15) is 23.0 Å². The van der Waals surface area contributed by atoms with Gasteiger partial charge in [-0.3, -0.25) is 9.48 Å². The number of anilines is 1. The van der Waals surface area contributed by atoms with Crippen molar-refractivity contribution in [3.05, 3.63) is 46.7 Å². The first-order chi connectivity index (χ1) is 9.82. The lowest BCUT2D eigenvalue weighted by molar-refractivity contribution is -0.136. The van der Waals surface area contributed by atoms with Crippen LogP contribution in [0, 0.1) is 0 Å². The number of aryl methyl sites for hydroxylation is 1. The summed E-state index contributed by atoms with van der Waals surface area (Å²) in [6.45, 7) is 2.29. The maximum absolute atomic E-state index is 12.8. The number of carbonyl (C=O) groups is 1. The van der Waals surface area contributed by atoms with E-state index in [4.69, 9.17) is 11.6 Å². The molecule has 0 aliphatic heterocycles. The smallest absolute Gasteiger partial charge is 0.320 e. The van der Waals surface area contributed by atoms with Gasteiger partial charge in [0, 0.05) is 12.7 Å². The van der Waals surface area contributed by atoms with E-state index in [0.29, 0.717) is 6.54 Å². The lowest BCUT2D eigenvalue weighted by Gasteiger charge is -2.12. The molecule has 1 amide bonds. The van der Waals surface area contributed by atoms with Crippen LogP contribution in [0.15, 0.2) is 30.5 Å². The molecule has 1 N–H and O–H groups in total. The van der Waals surface area contributed by atoms with Gasteiger partial charge in [-0.25, -0.2) is 0 Å². The first-order valence-corrected chi connectivity index (χ1v) is 6.41. The van der Waals surface area contributed by atoms with Crippen LogP contribution in [-0.4, -0.2) is 15.7 Å². The molecule has 0 fully saturated rings. The average Bonchev–Trinajstić information content (AvgIpc) is 2.79. The number of hydrogen-bond donors (Lipinski definition) is 1. The van der Waals surface area contributed by atoms with E-state index in [9.17, 15) is 18.0 Å². The van der Waals surface area contributed by atoms with Crippen LogP contribution in [0.5, 0.6) is 0 Å². The third-order valence-corrected chi connectivity index (χ3v) is 3.01. The van der Waals surface area contributed by atoms with Crippen LogP contribution >= 0.6 is 11.6 Å². The Hall–Kier alpha value is -2.02. The lowest BCUT2D eigenvalue weighted by atomic mass is 10.1. The first kappa shape index (κ1) is 15.4. The van der Waals surface area contributed by atoms with Crippen molar-refractivity contribution < 1.29 is 18.0 Å². The number of carbonyl (C=O) groups excluding carboxylic acids is 1. The second-order valence-electron chi connectivity index (χ2n) is 4.18. The predicted octanol–water partition coefficient (Wildman–Crippen LogP) is 3.83. The third-order valence-electron chi connectivity index (χ3n) is 2.74. The Balaban J connectivity index is 2.30. The summed E-state index contributed by atoms with van der Waals surface area (Å²) < 4.78 is 39.9. The topological polar surface area (TPSA) is 46.9 Å². The number of amides is 1. The minimum Gasteiger partial charge on any atom is -0.320 e. The molecule has 0 aliphatic rings. The van der Waals surface area contributed by atoms with Crippen molar-refractivity contribution in [1.29, 1.82) is 0 Å². The highest BCUT2D eigenvalue weighted by atomic mass is 35.5. The van der Waals surface area contributed by atoms with E-state index in [1.165, 1.54) is 29.1 Å². The fraction of sp³-hybridized carbons (Fsp3) is 0.231. The summed E-state index contributed by atoms with van der Waals surface area (Å²) in [5, 5.41) is 6.18. The van der Waals surface area contributed by atoms with Gasteiger partial charge < -0.3 is 5.32 Å². The van der Waals surface area contributed by atoms with E-state index >= 15 is 0 Å². The number of halogens is 4. The summed E-state index contributed by atoms with van der Waals surface area (Å²) in [6.07, 6.45) is -3.12. The SMILES string of the molecule is CCn1cc(Cl)c(C(=O)Nc2ccccc2C(F)(F)F)n1. The van der Waals surface area contributed by atoms with Gasteiger partial charge in [0.05, 0.1) is 16.3 Å². The molecule has 4 nitrogen and oxygen atoms in total. The van der Waals surface area contributed by atoms with E-state index in [1.807, 2.05) is 0 Å². The number of hydrogen-bond acceptors (Lipinski definition) is 2. The van der Waals surface area contributed by atoms with Gasteiger partial charge >= 0.3 is 6.18 Å². The monoisotopic (exact) mass is 317 g/mol. The fourth-order valence-corrected chi connectivity index (χ4v) is 1.97. The number of alkyl halides is 3. The highest BCUT2D eigenvalue weighted by Crippen LogP contribution is 2.34. The molecule has 0 atom stereocenters. The molecule has 1 aromatic carbocycles. The number of rotatable bonds is 3. The van der Waals surface area contributed by atoms with E-state index in [1.54, 1.807) is 6.92 Å². The molecule has 0 saturated heterocycles. The summed E-state index contributed by atoms with van der Waals surface area (Å²) in [6, 6.07) is 4.71. The lowest BCUT2D eigenvalue weighted by Crippen LogP contribution is -2.17. The zero-order valence-corrected chi connectivity index (χ0v) is 11.7. The molecule has 2 rings (SSSR count). The molecule has 0 spiro atoms. The molecule has 8 heteroatoms. The maximum Gasteiger partial charge on any atom is 0.418 e. The van der Waals surface area contributed by atoms with Gasteiger partial charge in [0.15, 0.2) is 5.69 Å². The molecule has 0 aliphatic carbocycles. The molecule has 0 bridgehead atoms. The standard InChI is InChI=1S/C13H11ClF3N3O/c1-2-20-7-9(14)11(19-20)12(21)18-10-6-4-3-5-8(10)13(15,16)17/h3-7H,2H2,1H3,(H,18,21). The van der Waals surface area contributed by atoms with Crippen LogP contribution in [0.3, 0.4) is 0 Å². The van der Waals surface area contributed by atoms with E-state index in [-0.39, 0.29) is 16.4 Å². The zero-order valence-electron chi connectivity index (χ0n) is 10.9. The van der Waals surface area contributed by atoms with Crippen LogP contribution in [0.2, 0.25) is 5.02 Å². The molecule has 1 aromatic heterocycles. The Kier molecular flexibility index (Phi) is 4.22. The Labute approximate surface area is 123 Å². The highest BCUT2D eigenvalue weighted by Gasteiger charge is 2.33. The van der Waals surface area contributed by atoms with E-state index in [0.717, 1.165) is 6.07 Å². The van der Waals surface area contributed by atoms with Crippen LogP contribution in [0.25, 0.3) is 0 Å². The molecule has 0 unspecified atom stereocenters. The van der Waals surface area contributed by atoms with Gasteiger partial charge in [-0.2, -0.15) is 18.3 Å². The third kappa shape index (κ3) is 3.36. The van der Waals surface area contributed by atoms with Crippen molar-refractivity contribution in [2.24, 2.45) is 0 Å². The summed E-state index contributed by atoms with van der Waals surface area (Å²) in [5.74, 6) is -0.788. The fourth-order valence-electron chi connectivity index (χ4n) is 1.73. The molecule has 0 radical (unpaired) electrons. The Morgan fingerprint density at radius 3 is 2.62 bits per heavy atom. The second-order valence-corrected chi connectivity index (χ2v) is 4.59. The normalized spacial score (nSPS) is 11.5. The quantitative estimate of drug-likeness (QED) is 0.935. The molecule has 0 saturated carbocycles. The molecule has 21 heavy (non-hydrogen) atoms. The zero-order chi connectivity index (χ0) is 15.6. The summed E-state index contributed by atoms with van der Waals surface area (Å²) in [7, 11) is 0. The summed E-state index contributed by atoms with van der Waals surface area (Å²) >= 11 is 5.85. The van der Waals surface area contributed by atoms with Gasteiger partial charge in [0.1, 0.15) is 0 Å². The van der Waals surface area contributed by atoms with Gasteiger partial charge in [-0.1, -0.05) is 23.7 Å². The number of aromatic nitrogens is 2. The Morgan fingerprint density at radius 1 is 1.38 bits per heavy atom. The van der Waals surface area contributed by atoms with Crippen molar-refractivity contribution in [3.8, 4) is 0 Å². The summed E-state index contributed by atoms with van der Waals surface area (Å²) in [4.78, 5) is 12.0. The molecule has 1 heterocycles. The van der Waals surface area contributed by atoms with Crippen molar-refractivity contribution >= 4 is 23.2 Å². The highest BCUT2D eigenvalue weighted by molar-refractivity contribution is 6.34. The summed E-state index contributed by atoms with van der Waals surface area (Å²) in [5.41, 5.74) is -1.38. The molecular weight excluding hydrogens is 307 g/mol. The van der Waals surface area contributed by atoms with Gasteiger partial charge in [0.25, 0.3) is 5.91 Å². The average molecular weight is 318 g/mol. The Morgan fingerprint density at radius 2 is 2.05 bits per heavy atom. The van der Waals surface area contributed by atoms with Gasteiger partial charge in [-0.15, -0.1) is 0 Å². The van der Waals surface area contributed by atoms with Crippen LogP contribution in [0.4, 0.5) is 18.9 Å². The minimum absolute atomic E-state index is 0.0823. The Bertz CT molecular complexity index is 667.